The molecule has 2 atom stereocenters. The molecule has 0 aromatic rings. The zero-order valence-corrected chi connectivity index (χ0v) is 28.1. The lowest BCUT2D eigenvalue weighted by molar-refractivity contribution is -0.138. The molecule has 0 bridgehead atoms. The SMILES string of the molecule is CCCCCCCC(=O)CC(=O)[C@H](CC)N1CCCC1=O.CCCCCCCC(=O)Cl.CC[C@@H](C(N)=O)N1CCCC1=O. The van der Waals surface area contributed by atoms with Crippen molar-refractivity contribution in [1.29, 1.82) is 0 Å². The molecular formula is C33H58ClN3O6. The normalized spacial score (nSPS) is 15.7. The van der Waals surface area contributed by atoms with E-state index in [2.05, 4.69) is 13.8 Å². The first kappa shape index (κ1) is 40.7. The maximum Gasteiger partial charge on any atom is 0.240 e. The molecule has 0 spiro atoms. The molecule has 43 heavy (non-hydrogen) atoms. The lowest BCUT2D eigenvalue weighted by Crippen LogP contribution is -2.44. The van der Waals surface area contributed by atoms with Crippen molar-refractivity contribution in [1.82, 2.24) is 9.80 Å². The number of rotatable bonds is 20. The third-order valence-electron chi connectivity index (χ3n) is 7.85. The van der Waals surface area contributed by atoms with Crippen molar-refractivity contribution in [2.75, 3.05) is 13.1 Å². The highest BCUT2D eigenvalue weighted by molar-refractivity contribution is 6.63. The lowest BCUT2D eigenvalue weighted by atomic mass is 10.0. The topological polar surface area (TPSA) is 135 Å². The van der Waals surface area contributed by atoms with Crippen LogP contribution >= 0.6 is 11.6 Å². The number of likely N-dealkylation sites (tertiary alicyclic amines) is 2. The zero-order valence-electron chi connectivity index (χ0n) is 27.3. The van der Waals surface area contributed by atoms with E-state index in [1.54, 1.807) is 9.80 Å². The Kier molecular flexibility index (Phi) is 23.7. The van der Waals surface area contributed by atoms with Gasteiger partial charge in [-0.05, 0) is 50.1 Å². The molecule has 0 radical (unpaired) electrons. The fourth-order valence-electron chi connectivity index (χ4n) is 5.39. The van der Waals surface area contributed by atoms with Gasteiger partial charge in [-0.25, -0.2) is 0 Å². The molecule has 0 aliphatic carbocycles. The lowest BCUT2D eigenvalue weighted by Gasteiger charge is -2.25. The number of halogens is 1. The van der Waals surface area contributed by atoms with E-state index in [0.717, 1.165) is 44.9 Å². The number of hydrogen-bond donors (Lipinski definition) is 1. The molecule has 0 aromatic carbocycles. The zero-order chi connectivity index (χ0) is 32.6. The van der Waals surface area contributed by atoms with Crippen LogP contribution in [0.15, 0.2) is 0 Å². The fraction of sp³-hybridized carbons (Fsp3) is 0.818. The van der Waals surface area contributed by atoms with Gasteiger partial charge in [0.15, 0.2) is 5.78 Å². The molecule has 2 N–H and O–H groups in total. The number of primary amides is 1. The molecule has 2 rings (SSSR count). The summed E-state index contributed by atoms with van der Waals surface area (Å²) in [4.78, 5) is 71.4. The van der Waals surface area contributed by atoms with Crippen LogP contribution in [0.5, 0.6) is 0 Å². The van der Waals surface area contributed by atoms with Gasteiger partial charge in [-0.2, -0.15) is 0 Å². The summed E-state index contributed by atoms with van der Waals surface area (Å²) in [6, 6.07) is -0.774. The highest BCUT2D eigenvalue weighted by atomic mass is 35.5. The number of unbranched alkanes of at least 4 members (excludes halogenated alkanes) is 8. The van der Waals surface area contributed by atoms with Gasteiger partial charge in [0.2, 0.25) is 23.0 Å². The van der Waals surface area contributed by atoms with Gasteiger partial charge in [0.25, 0.3) is 0 Å². The molecular weight excluding hydrogens is 570 g/mol. The number of carbonyl (C=O) groups excluding carboxylic acids is 6. The molecule has 2 aliphatic heterocycles. The molecule has 2 aliphatic rings. The highest BCUT2D eigenvalue weighted by Crippen LogP contribution is 2.18. The smallest absolute Gasteiger partial charge is 0.240 e. The van der Waals surface area contributed by atoms with E-state index in [1.165, 1.54) is 32.1 Å². The van der Waals surface area contributed by atoms with Crippen molar-refractivity contribution in [3.8, 4) is 0 Å². The van der Waals surface area contributed by atoms with E-state index in [-0.39, 0.29) is 47.1 Å². The van der Waals surface area contributed by atoms with E-state index < -0.39 is 5.91 Å². The Labute approximate surface area is 265 Å². The Morgan fingerprint density at radius 2 is 1.14 bits per heavy atom. The number of amides is 3. The molecule has 0 saturated carbocycles. The van der Waals surface area contributed by atoms with Crippen LogP contribution in [0.25, 0.3) is 0 Å². The largest absolute Gasteiger partial charge is 0.368 e. The number of nitrogens with zero attached hydrogens (tertiary/aromatic N) is 2. The average molecular weight is 628 g/mol. The summed E-state index contributed by atoms with van der Waals surface area (Å²) >= 11 is 5.15. The predicted molar refractivity (Wildman–Crippen MR) is 171 cm³/mol. The highest BCUT2D eigenvalue weighted by Gasteiger charge is 2.32. The van der Waals surface area contributed by atoms with Gasteiger partial charge in [0.1, 0.15) is 11.8 Å². The van der Waals surface area contributed by atoms with Gasteiger partial charge in [-0.15, -0.1) is 0 Å². The molecule has 2 heterocycles. The summed E-state index contributed by atoms with van der Waals surface area (Å²) in [6.45, 7) is 9.44. The molecule has 0 unspecified atom stereocenters. The second kappa shape index (κ2) is 25.1. The number of hydrogen-bond acceptors (Lipinski definition) is 6. The van der Waals surface area contributed by atoms with Crippen LogP contribution in [-0.2, 0) is 28.8 Å². The average Bonchev–Trinajstić information content (AvgIpc) is 3.57. The third-order valence-corrected chi connectivity index (χ3v) is 8.04. The van der Waals surface area contributed by atoms with Crippen molar-refractivity contribution in [2.24, 2.45) is 5.73 Å². The van der Waals surface area contributed by atoms with Crippen LogP contribution in [0.2, 0.25) is 0 Å². The van der Waals surface area contributed by atoms with E-state index in [4.69, 9.17) is 17.3 Å². The third kappa shape index (κ3) is 18.2. The number of nitrogens with two attached hydrogens (primary N) is 1. The molecule has 248 valence electrons. The molecule has 3 amide bonds. The summed E-state index contributed by atoms with van der Waals surface area (Å²) in [7, 11) is 0. The van der Waals surface area contributed by atoms with Crippen LogP contribution in [0, 0.1) is 0 Å². The van der Waals surface area contributed by atoms with Crippen molar-refractivity contribution in [3.05, 3.63) is 0 Å². The molecule has 0 aromatic heterocycles. The van der Waals surface area contributed by atoms with Crippen LogP contribution < -0.4 is 5.73 Å². The first-order valence-corrected chi connectivity index (χ1v) is 17.0. The van der Waals surface area contributed by atoms with Gasteiger partial charge in [-0.1, -0.05) is 79.1 Å². The van der Waals surface area contributed by atoms with Crippen molar-refractivity contribution < 1.29 is 28.8 Å². The Bertz CT molecular complexity index is 866. The van der Waals surface area contributed by atoms with Gasteiger partial charge in [0, 0.05) is 38.8 Å². The summed E-state index contributed by atoms with van der Waals surface area (Å²) in [5, 5.41) is -0.198. The van der Waals surface area contributed by atoms with Gasteiger partial charge in [0.05, 0.1) is 12.5 Å². The monoisotopic (exact) mass is 627 g/mol. The molecule has 10 heteroatoms. The maximum atomic E-state index is 12.2. The Hall–Kier alpha value is -2.29. The quantitative estimate of drug-likeness (QED) is 0.0961. The number of Topliss-reactive ketones (excluding diaryl/α,β-unsaturated/α-hetero) is 2. The predicted octanol–water partition coefficient (Wildman–Crippen LogP) is 6.26. The van der Waals surface area contributed by atoms with E-state index >= 15 is 0 Å². The van der Waals surface area contributed by atoms with Gasteiger partial charge in [-0.3, -0.25) is 28.8 Å². The van der Waals surface area contributed by atoms with Crippen LogP contribution in [0.3, 0.4) is 0 Å². The first-order chi connectivity index (χ1) is 20.5. The molecule has 2 fully saturated rings. The minimum absolute atomic E-state index is 0.00390. The summed E-state index contributed by atoms with van der Waals surface area (Å²) < 4.78 is 0. The van der Waals surface area contributed by atoms with E-state index in [0.29, 0.717) is 51.6 Å². The van der Waals surface area contributed by atoms with Crippen LogP contribution in [0.1, 0.15) is 150 Å². The molecule has 9 nitrogen and oxygen atoms in total. The Morgan fingerprint density at radius 1 is 0.698 bits per heavy atom. The van der Waals surface area contributed by atoms with Crippen molar-refractivity contribution in [3.63, 3.8) is 0 Å². The minimum atomic E-state index is -0.396. The van der Waals surface area contributed by atoms with Crippen molar-refractivity contribution in [2.45, 2.75) is 162 Å². The van der Waals surface area contributed by atoms with E-state index in [9.17, 15) is 28.8 Å². The summed E-state index contributed by atoms with van der Waals surface area (Å²) in [5.41, 5.74) is 5.16. The number of ketones is 2. The minimum Gasteiger partial charge on any atom is -0.368 e. The first-order valence-electron chi connectivity index (χ1n) is 16.6. The maximum absolute atomic E-state index is 12.2. The number of carbonyl (C=O) groups is 6. The second-order valence-electron chi connectivity index (χ2n) is 11.5. The van der Waals surface area contributed by atoms with Gasteiger partial charge < -0.3 is 15.5 Å². The Balaban J connectivity index is 0.000000678. The second-order valence-corrected chi connectivity index (χ2v) is 11.9. The van der Waals surface area contributed by atoms with Crippen LogP contribution in [0.4, 0.5) is 0 Å². The van der Waals surface area contributed by atoms with Crippen LogP contribution in [-0.4, -0.2) is 69.5 Å². The Morgan fingerprint density at radius 3 is 1.51 bits per heavy atom. The summed E-state index contributed by atoms with van der Waals surface area (Å²) in [6.07, 6.45) is 16.4. The van der Waals surface area contributed by atoms with Crippen molar-refractivity contribution >= 4 is 46.1 Å². The van der Waals surface area contributed by atoms with Gasteiger partial charge >= 0.3 is 0 Å². The molecule has 2 saturated heterocycles. The fourth-order valence-corrected chi connectivity index (χ4v) is 5.52. The van der Waals surface area contributed by atoms with E-state index in [1.807, 2.05) is 13.8 Å². The summed E-state index contributed by atoms with van der Waals surface area (Å²) in [5.74, 6) is -0.330. The standard InChI is InChI=1S/C17H29NO3.C8H15ClO.C8H14N2O2/c1-3-5-6-7-8-10-14(19)13-16(20)15(4-2)18-12-9-11-17(18)21;1-2-3-4-5-6-7-8(9)10;1-2-6(8(9)12)10-5-3-4-7(10)11/h15H,3-13H2,1-2H3;2-7H2,1H3;6H,2-5H2,1H3,(H2,9,12)/t15-;;6-/m0.0/s1.